The summed E-state index contributed by atoms with van der Waals surface area (Å²) in [6.45, 7) is 5.41. The first-order valence-corrected chi connectivity index (χ1v) is 9.59. The van der Waals surface area contributed by atoms with Crippen molar-refractivity contribution in [3.05, 3.63) is 53.9 Å². The van der Waals surface area contributed by atoms with Gasteiger partial charge < -0.3 is 5.32 Å². The number of nitrogens with zero attached hydrogens (tertiary/aromatic N) is 3. The molecule has 3 aromatic rings. The second-order valence-electron chi connectivity index (χ2n) is 7.02. The Kier molecular flexibility index (Phi) is 4.79. The minimum absolute atomic E-state index is 0.0988. The summed E-state index contributed by atoms with van der Waals surface area (Å²) in [6.07, 6.45) is 2.68. The van der Waals surface area contributed by atoms with Gasteiger partial charge in [-0.2, -0.15) is 5.10 Å². The molecule has 0 saturated carbocycles. The van der Waals surface area contributed by atoms with Crippen LogP contribution in [0.5, 0.6) is 0 Å². The first-order chi connectivity index (χ1) is 13.0. The summed E-state index contributed by atoms with van der Waals surface area (Å²) in [7, 11) is -4.44. The minimum Gasteiger partial charge on any atom is -0.347 e. The fourth-order valence-electron chi connectivity index (χ4n) is 2.37. The lowest BCUT2D eigenvalue weighted by Gasteiger charge is -2.19. The average Bonchev–Trinajstić information content (AvgIpc) is 2.98. The second kappa shape index (κ2) is 6.82. The van der Waals surface area contributed by atoms with Gasteiger partial charge in [-0.25, -0.2) is 26.7 Å². The number of carbonyl (C=O) groups is 1. The number of sulfonamides is 1. The van der Waals surface area contributed by atoms with Gasteiger partial charge in [0.05, 0.1) is 6.20 Å². The molecule has 0 spiro atoms. The molecule has 0 fully saturated rings. The maximum absolute atomic E-state index is 13.8. The van der Waals surface area contributed by atoms with Crippen molar-refractivity contribution in [1.82, 2.24) is 19.9 Å². The van der Waals surface area contributed by atoms with Crippen LogP contribution in [0.2, 0.25) is 0 Å². The van der Waals surface area contributed by atoms with E-state index in [1.165, 1.54) is 23.0 Å². The molecule has 0 aliphatic heterocycles. The predicted octanol–water partition coefficient (Wildman–Crippen LogP) is 2.34. The highest BCUT2D eigenvalue weighted by Gasteiger charge is 2.23. The lowest BCUT2D eigenvalue weighted by atomic mass is 10.1. The van der Waals surface area contributed by atoms with Crippen molar-refractivity contribution in [3.63, 3.8) is 0 Å². The third-order valence-corrected chi connectivity index (χ3v) is 4.89. The molecule has 8 nitrogen and oxygen atoms in total. The Bertz CT molecular complexity index is 1170. The monoisotopic (exact) mass is 409 g/mol. The molecule has 148 valence electrons. The van der Waals surface area contributed by atoms with E-state index < -0.39 is 38.0 Å². The Labute approximate surface area is 159 Å². The van der Waals surface area contributed by atoms with Gasteiger partial charge in [0.1, 0.15) is 27.9 Å². The highest BCUT2D eigenvalue weighted by molar-refractivity contribution is 7.92. The van der Waals surface area contributed by atoms with Crippen molar-refractivity contribution in [3.8, 4) is 0 Å². The lowest BCUT2D eigenvalue weighted by Crippen LogP contribution is -2.40. The third kappa shape index (κ3) is 4.09. The van der Waals surface area contributed by atoms with Crippen LogP contribution in [0.4, 0.5) is 14.6 Å². The molecular formula is C17H17F2N5O3S. The fraction of sp³-hybridized carbons (Fsp3) is 0.235. The van der Waals surface area contributed by atoms with E-state index in [1.807, 2.05) is 0 Å². The summed E-state index contributed by atoms with van der Waals surface area (Å²) in [4.78, 5) is 15.6. The molecule has 11 heteroatoms. The van der Waals surface area contributed by atoms with Crippen LogP contribution < -0.4 is 10.0 Å². The Morgan fingerprint density at radius 1 is 1.18 bits per heavy atom. The number of amides is 1. The molecule has 3 rings (SSSR count). The first-order valence-electron chi connectivity index (χ1n) is 8.11. The molecule has 1 aromatic carbocycles. The number of carbonyl (C=O) groups excluding carboxylic acids is 1. The maximum atomic E-state index is 13.8. The summed E-state index contributed by atoms with van der Waals surface area (Å²) in [5.74, 6) is -2.63. The van der Waals surface area contributed by atoms with Crippen molar-refractivity contribution in [2.45, 2.75) is 31.2 Å². The van der Waals surface area contributed by atoms with Gasteiger partial charge in [0, 0.05) is 11.7 Å². The normalized spacial score (nSPS) is 12.2. The van der Waals surface area contributed by atoms with Crippen molar-refractivity contribution in [2.24, 2.45) is 0 Å². The SMILES string of the molecule is CC(C)(C)NC(=O)c1cnn2ccc(NS(=O)(=O)c3cc(F)ccc3F)nc12. The fourth-order valence-corrected chi connectivity index (χ4v) is 3.46. The summed E-state index contributed by atoms with van der Waals surface area (Å²) in [6, 6.07) is 3.37. The largest absolute Gasteiger partial charge is 0.347 e. The number of aromatic nitrogens is 3. The number of rotatable bonds is 4. The number of halogens is 2. The van der Waals surface area contributed by atoms with Crippen LogP contribution in [0.1, 0.15) is 31.1 Å². The van der Waals surface area contributed by atoms with Crippen molar-refractivity contribution in [2.75, 3.05) is 4.72 Å². The number of nitrogens with one attached hydrogen (secondary N) is 2. The van der Waals surface area contributed by atoms with Gasteiger partial charge in [-0.1, -0.05) is 0 Å². The van der Waals surface area contributed by atoms with Gasteiger partial charge in [-0.3, -0.25) is 9.52 Å². The highest BCUT2D eigenvalue weighted by atomic mass is 32.2. The molecule has 0 radical (unpaired) electrons. The molecule has 2 N–H and O–H groups in total. The van der Waals surface area contributed by atoms with E-state index >= 15 is 0 Å². The van der Waals surface area contributed by atoms with Crippen LogP contribution in [0.3, 0.4) is 0 Å². The molecule has 2 heterocycles. The van der Waals surface area contributed by atoms with E-state index in [0.29, 0.717) is 12.1 Å². The summed E-state index contributed by atoms with van der Waals surface area (Å²) in [5.41, 5.74) is -0.269. The molecule has 0 bridgehead atoms. The van der Waals surface area contributed by atoms with Crippen LogP contribution in [0, 0.1) is 11.6 Å². The molecule has 28 heavy (non-hydrogen) atoms. The summed E-state index contributed by atoms with van der Waals surface area (Å²) in [5, 5.41) is 6.76. The number of benzene rings is 1. The average molecular weight is 409 g/mol. The van der Waals surface area contributed by atoms with Crippen LogP contribution >= 0.6 is 0 Å². The Balaban J connectivity index is 1.97. The molecule has 2 aromatic heterocycles. The Morgan fingerprint density at radius 2 is 1.89 bits per heavy atom. The van der Waals surface area contributed by atoms with E-state index in [-0.39, 0.29) is 17.0 Å². The van der Waals surface area contributed by atoms with E-state index in [0.717, 1.165) is 6.07 Å². The Morgan fingerprint density at radius 3 is 2.57 bits per heavy atom. The molecule has 0 unspecified atom stereocenters. The third-order valence-electron chi connectivity index (χ3n) is 3.52. The Hall–Kier alpha value is -3.08. The van der Waals surface area contributed by atoms with Crippen molar-refractivity contribution < 1.29 is 22.0 Å². The maximum Gasteiger partial charge on any atom is 0.266 e. The van der Waals surface area contributed by atoms with Gasteiger partial charge >= 0.3 is 0 Å². The zero-order valence-electron chi connectivity index (χ0n) is 15.2. The number of anilines is 1. The van der Waals surface area contributed by atoms with Crippen molar-refractivity contribution in [1.29, 1.82) is 0 Å². The molecular weight excluding hydrogens is 392 g/mol. The smallest absolute Gasteiger partial charge is 0.266 e. The quantitative estimate of drug-likeness (QED) is 0.688. The van der Waals surface area contributed by atoms with E-state index in [4.69, 9.17) is 0 Å². The van der Waals surface area contributed by atoms with Crippen molar-refractivity contribution >= 4 is 27.4 Å². The van der Waals surface area contributed by atoms with E-state index in [2.05, 4.69) is 20.1 Å². The van der Waals surface area contributed by atoms with Gasteiger partial charge in [-0.05, 0) is 45.0 Å². The molecule has 0 aliphatic carbocycles. The van der Waals surface area contributed by atoms with Gasteiger partial charge in [0.25, 0.3) is 15.9 Å². The van der Waals surface area contributed by atoms with Gasteiger partial charge in [-0.15, -0.1) is 0 Å². The second-order valence-corrected chi connectivity index (χ2v) is 8.67. The van der Waals surface area contributed by atoms with E-state index in [1.54, 1.807) is 20.8 Å². The van der Waals surface area contributed by atoms with E-state index in [9.17, 15) is 22.0 Å². The predicted molar refractivity (Wildman–Crippen MR) is 97.4 cm³/mol. The van der Waals surface area contributed by atoms with Gasteiger partial charge in [0.2, 0.25) is 0 Å². The standard InChI is InChI=1S/C17H17F2N5O3S/c1-17(2,3)22-16(25)11-9-20-24-7-6-14(21-15(11)24)23-28(26,27)13-8-10(18)4-5-12(13)19/h4-9H,1-3H3,(H,21,23)(H,22,25). The molecule has 1 amide bonds. The summed E-state index contributed by atoms with van der Waals surface area (Å²) < 4.78 is 55.3. The number of hydrogen-bond donors (Lipinski definition) is 2. The molecule has 0 atom stereocenters. The van der Waals surface area contributed by atoms with Gasteiger partial charge in [0.15, 0.2) is 5.65 Å². The first kappa shape index (κ1) is 19.7. The van der Waals surface area contributed by atoms with Crippen LogP contribution in [-0.2, 0) is 10.0 Å². The number of fused-ring (bicyclic) bond motifs is 1. The minimum atomic E-state index is -4.44. The van der Waals surface area contributed by atoms with Crippen LogP contribution in [-0.4, -0.2) is 34.5 Å². The highest BCUT2D eigenvalue weighted by Crippen LogP contribution is 2.20. The summed E-state index contributed by atoms with van der Waals surface area (Å²) >= 11 is 0. The lowest BCUT2D eigenvalue weighted by molar-refractivity contribution is 0.0921. The topological polar surface area (TPSA) is 105 Å². The van der Waals surface area contributed by atoms with Crippen LogP contribution in [0.15, 0.2) is 41.6 Å². The molecule has 0 aliphatic rings. The zero-order valence-corrected chi connectivity index (χ0v) is 16.0. The van der Waals surface area contributed by atoms with Crippen LogP contribution in [0.25, 0.3) is 5.65 Å². The molecule has 0 saturated heterocycles. The zero-order chi connectivity index (χ0) is 20.7. The number of hydrogen-bond acceptors (Lipinski definition) is 5.